The van der Waals surface area contributed by atoms with Gasteiger partial charge in [-0.25, -0.2) is 0 Å². The molecule has 1 unspecified atom stereocenters. The Hall–Kier alpha value is -2.37. The summed E-state index contributed by atoms with van der Waals surface area (Å²) in [7, 11) is 6.36. The average molecular weight is 439 g/mol. The summed E-state index contributed by atoms with van der Waals surface area (Å²) in [6, 6.07) is 12.8. The largest absolute Gasteiger partial charge is 0.345 e. The molecule has 0 saturated heterocycles. The van der Waals surface area contributed by atoms with E-state index in [1.807, 2.05) is 31.3 Å². The molecule has 1 aliphatic carbocycles. The summed E-state index contributed by atoms with van der Waals surface area (Å²) in [5.74, 6) is 2.41. The number of aromatic nitrogens is 3. The van der Waals surface area contributed by atoms with Gasteiger partial charge in [-0.05, 0) is 94.4 Å². The third kappa shape index (κ3) is 4.94. The molecule has 0 aliphatic heterocycles. The van der Waals surface area contributed by atoms with E-state index in [-0.39, 0.29) is 0 Å². The lowest BCUT2D eigenvalue weighted by atomic mass is 9.76. The van der Waals surface area contributed by atoms with Crippen molar-refractivity contribution in [3.8, 4) is 11.5 Å². The fourth-order valence-corrected chi connectivity index (χ4v) is 4.89. The number of benzene rings is 1. The molecule has 2 heterocycles. The van der Waals surface area contributed by atoms with Crippen LogP contribution in [-0.4, -0.2) is 33.7 Å². The normalized spacial score (nSPS) is 20.6. The highest BCUT2D eigenvalue weighted by atomic mass is 35.5. The van der Waals surface area contributed by atoms with Crippen molar-refractivity contribution in [2.24, 2.45) is 18.9 Å². The number of hydrogen-bond donors (Lipinski definition) is 0. The minimum Gasteiger partial charge on any atom is -0.345 e. The van der Waals surface area contributed by atoms with Crippen LogP contribution in [0.25, 0.3) is 17.6 Å². The van der Waals surface area contributed by atoms with E-state index in [4.69, 9.17) is 16.1 Å². The number of hydrogen-bond acceptors (Lipinski definition) is 4. The van der Waals surface area contributed by atoms with Gasteiger partial charge in [0, 0.05) is 23.8 Å². The van der Waals surface area contributed by atoms with E-state index in [1.54, 1.807) is 0 Å². The Bertz CT molecular complexity index is 1030. The standard InChI is InChI=1S/C25H31ClN4O/c1-17-5-15-22(30(17)4)25-27-23(31-28-25)16-8-18-6-9-19(10-7-18)24(29(2)3)20-11-13-21(26)14-12-20/h5,8,11-16,18-19,24H,6-7,9-10H2,1-4H3/b16-8+. The number of rotatable bonds is 6. The second kappa shape index (κ2) is 9.41. The Morgan fingerprint density at radius 1 is 1.10 bits per heavy atom. The lowest BCUT2D eigenvalue weighted by Crippen LogP contribution is -2.30. The van der Waals surface area contributed by atoms with Gasteiger partial charge < -0.3 is 14.0 Å². The van der Waals surface area contributed by atoms with Gasteiger partial charge >= 0.3 is 0 Å². The predicted octanol–water partition coefficient (Wildman–Crippen LogP) is 6.16. The molecule has 164 valence electrons. The van der Waals surface area contributed by atoms with E-state index in [2.05, 4.69) is 64.9 Å². The second-order valence-corrected chi connectivity index (χ2v) is 9.31. The van der Waals surface area contributed by atoms with Crippen LogP contribution in [-0.2, 0) is 7.05 Å². The van der Waals surface area contributed by atoms with Crippen molar-refractivity contribution in [3.05, 3.63) is 64.6 Å². The molecule has 4 rings (SSSR count). The third-order valence-corrected chi connectivity index (χ3v) is 6.84. The van der Waals surface area contributed by atoms with Crippen LogP contribution in [0.4, 0.5) is 0 Å². The number of nitrogens with zero attached hydrogens (tertiary/aromatic N) is 4. The van der Waals surface area contributed by atoms with Gasteiger partial charge in [0.2, 0.25) is 5.82 Å². The Morgan fingerprint density at radius 2 is 1.81 bits per heavy atom. The molecule has 3 aromatic rings. The zero-order chi connectivity index (χ0) is 22.0. The monoisotopic (exact) mass is 438 g/mol. The summed E-state index contributed by atoms with van der Waals surface area (Å²) in [6.45, 7) is 2.06. The minimum absolute atomic E-state index is 0.425. The van der Waals surface area contributed by atoms with Crippen molar-refractivity contribution in [2.45, 2.75) is 38.6 Å². The van der Waals surface area contributed by atoms with Crippen molar-refractivity contribution in [1.29, 1.82) is 0 Å². The van der Waals surface area contributed by atoms with Gasteiger partial charge in [-0.2, -0.15) is 4.98 Å². The van der Waals surface area contributed by atoms with E-state index in [0.29, 0.717) is 29.6 Å². The molecule has 0 N–H and O–H groups in total. The summed E-state index contributed by atoms with van der Waals surface area (Å²) in [4.78, 5) is 6.89. The van der Waals surface area contributed by atoms with Crippen molar-refractivity contribution in [2.75, 3.05) is 14.1 Å². The van der Waals surface area contributed by atoms with Crippen LogP contribution < -0.4 is 0 Å². The van der Waals surface area contributed by atoms with E-state index < -0.39 is 0 Å². The van der Waals surface area contributed by atoms with E-state index in [0.717, 1.165) is 10.7 Å². The number of aryl methyl sites for hydroxylation is 1. The molecule has 6 heteroatoms. The molecule has 1 saturated carbocycles. The van der Waals surface area contributed by atoms with Gasteiger partial charge in [0.15, 0.2) is 0 Å². The summed E-state index contributed by atoms with van der Waals surface area (Å²) >= 11 is 6.09. The molecule has 2 aromatic heterocycles. The Kier molecular flexibility index (Phi) is 6.63. The van der Waals surface area contributed by atoms with Crippen LogP contribution in [0.15, 0.2) is 47.0 Å². The topological polar surface area (TPSA) is 47.1 Å². The van der Waals surface area contributed by atoms with Gasteiger partial charge in [-0.3, -0.25) is 0 Å². The summed E-state index contributed by atoms with van der Waals surface area (Å²) < 4.78 is 7.52. The van der Waals surface area contributed by atoms with Gasteiger partial charge in [0.1, 0.15) is 0 Å². The van der Waals surface area contributed by atoms with Gasteiger partial charge in [-0.1, -0.05) is 35.0 Å². The van der Waals surface area contributed by atoms with Gasteiger partial charge in [-0.15, -0.1) is 0 Å². The molecule has 1 aliphatic rings. The van der Waals surface area contributed by atoms with E-state index >= 15 is 0 Å². The third-order valence-electron chi connectivity index (χ3n) is 6.59. The molecule has 1 aromatic carbocycles. The van der Waals surface area contributed by atoms with Crippen LogP contribution in [0.3, 0.4) is 0 Å². The van der Waals surface area contributed by atoms with E-state index in [1.165, 1.54) is 36.9 Å². The number of allylic oxidation sites excluding steroid dienone is 1. The van der Waals surface area contributed by atoms with Crippen molar-refractivity contribution < 1.29 is 4.52 Å². The molecule has 5 nitrogen and oxygen atoms in total. The molecule has 31 heavy (non-hydrogen) atoms. The maximum absolute atomic E-state index is 6.09. The van der Waals surface area contributed by atoms with Crippen LogP contribution in [0, 0.1) is 18.8 Å². The second-order valence-electron chi connectivity index (χ2n) is 8.87. The minimum atomic E-state index is 0.425. The molecule has 0 radical (unpaired) electrons. The first-order valence-electron chi connectivity index (χ1n) is 11.0. The molecule has 1 fully saturated rings. The molecule has 0 amide bonds. The van der Waals surface area contributed by atoms with Crippen molar-refractivity contribution in [3.63, 3.8) is 0 Å². The first kappa shape index (κ1) is 21.8. The molecule has 1 atom stereocenters. The maximum atomic E-state index is 6.09. The molecule has 0 spiro atoms. The highest BCUT2D eigenvalue weighted by Gasteiger charge is 2.29. The highest BCUT2D eigenvalue weighted by Crippen LogP contribution is 2.40. The van der Waals surface area contributed by atoms with Gasteiger partial charge in [0.05, 0.1) is 5.69 Å². The SMILES string of the molecule is Cc1ccc(-c2noc(/C=C/C3CCC(C(c4ccc(Cl)cc4)N(C)C)CC3)n2)n1C. The summed E-state index contributed by atoms with van der Waals surface area (Å²) in [5.41, 5.74) is 3.49. The zero-order valence-corrected chi connectivity index (χ0v) is 19.5. The van der Waals surface area contributed by atoms with E-state index in [9.17, 15) is 0 Å². The van der Waals surface area contributed by atoms with Crippen LogP contribution in [0.5, 0.6) is 0 Å². The lowest BCUT2D eigenvalue weighted by molar-refractivity contribution is 0.159. The quantitative estimate of drug-likeness (QED) is 0.462. The first-order chi connectivity index (χ1) is 14.9. The van der Waals surface area contributed by atoms with Crippen molar-refractivity contribution in [1.82, 2.24) is 19.6 Å². The molecular weight excluding hydrogens is 408 g/mol. The predicted molar refractivity (Wildman–Crippen MR) is 126 cm³/mol. The van der Waals surface area contributed by atoms with Crippen molar-refractivity contribution >= 4 is 17.7 Å². The fourth-order valence-electron chi connectivity index (χ4n) is 4.77. The Labute approximate surface area is 189 Å². The fraction of sp³-hybridized carbons (Fsp3) is 0.440. The van der Waals surface area contributed by atoms with Crippen LogP contribution in [0.2, 0.25) is 5.02 Å². The average Bonchev–Trinajstić information content (AvgIpc) is 3.35. The first-order valence-corrected chi connectivity index (χ1v) is 11.4. The molecular formula is C25H31ClN4O. The number of halogens is 1. The Balaban J connectivity index is 1.37. The lowest BCUT2D eigenvalue weighted by Gasteiger charge is -2.37. The van der Waals surface area contributed by atoms with Crippen LogP contribution in [0.1, 0.15) is 48.9 Å². The Morgan fingerprint density at radius 3 is 2.42 bits per heavy atom. The maximum Gasteiger partial charge on any atom is 0.250 e. The molecule has 0 bridgehead atoms. The zero-order valence-electron chi connectivity index (χ0n) is 18.8. The smallest absolute Gasteiger partial charge is 0.250 e. The van der Waals surface area contributed by atoms with Crippen LogP contribution >= 0.6 is 11.6 Å². The summed E-state index contributed by atoms with van der Waals surface area (Å²) in [5, 5.41) is 4.94. The van der Waals surface area contributed by atoms with Gasteiger partial charge in [0.25, 0.3) is 5.89 Å². The summed E-state index contributed by atoms with van der Waals surface area (Å²) in [6.07, 6.45) is 9.00. The highest BCUT2D eigenvalue weighted by molar-refractivity contribution is 6.30.